The number of carbonyl (C=O) groups excluding carboxylic acids is 1. The van der Waals surface area contributed by atoms with E-state index in [9.17, 15) is 26.4 Å². The minimum Gasteiger partial charge on any atom is -0.332 e. The molecule has 0 saturated carbocycles. The number of fused-ring (bicyclic) bond motifs is 3. The first-order chi connectivity index (χ1) is 18.4. The lowest BCUT2D eigenvalue weighted by atomic mass is 9.62. The minimum absolute atomic E-state index is 0.00740. The summed E-state index contributed by atoms with van der Waals surface area (Å²) >= 11 is 0. The van der Waals surface area contributed by atoms with E-state index in [4.69, 9.17) is 4.98 Å². The largest absolute Gasteiger partial charge is 0.389 e. The highest BCUT2D eigenvalue weighted by molar-refractivity contribution is 7.88. The van der Waals surface area contributed by atoms with Crippen molar-refractivity contribution in [2.24, 2.45) is 5.41 Å². The lowest BCUT2D eigenvalue weighted by molar-refractivity contribution is -0.138. The van der Waals surface area contributed by atoms with Crippen LogP contribution in [0.15, 0.2) is 36.4 Å². The molecule has 0 radical (unpaired) electrons. The zero-order valence-corrected chi connectivity index (χ0v) is 22.7. The average Bonchev–Trinajstić information content (AvgIpc) is 3.19. The molecule has 3 aromatic rings. The molecule has 0 N–H and O–H groups in total. The number of halogens is 3. The van der Waals surface area contributed by atoms with E-state index in [0.29, 0.717) is 18.7 Å². The van der Waals surface area contributed by atoms with Gasteiger partial charge >= 0.3 is 6.18 Å². The highest BCUT2D eigenvalue weighted by Gasteiger charge is 2.56. The number of carbonyl (C=O) groups is 1. The third-order valence-electron chi connectivity index (χ3n) is 8.72. The molecule has 1 atom stereocenters. The Bertz CT molecular complexity index is 1550. The van der Waals surface area contributed by atoms with Crippen molar-refractivity contribution >= 4 is 26.6 Å². The molecule has 0 amide bonds. The molecular formula is C29H32F3N3O3S. The van der Waals surface area contributed by atoms with Gasteiger partial charge in [0.2, 0.25) is 10.0 Å². The number of rotatable bonds is 6. The van der Waals surface area contributed by atoms with Gasteiger partial charge in [-0.15, -0.1) is 0 Å². The fourth-order valence-electron chi connectivity index (χ4n) is 6.78. The molecule has 1 aromatic heterocycles. The Labute approximate surface area is 226 Å². The van der Waals surface area contributed by atoms with Crippen molar-refractivity contribution in [3.8, 4) is 0 Å². The second-order valence-corrected chi connectivity index (χ2v) is 13.5. The van der Waals surface area contributed by atoms with Gasteiger partial charge in [0, 0.05) is 38.2 Å². The number of alkyl halides is 3. The number of nitrogens with zero attached hydrogens (tertiary/aromatic N) is 3. The van der Waals surface area contributed by atoms with E-state index in [2.05, 4.69) is 12.1 Å². The van der Waals surface area contributed by atoms with Crippen LogP contribution in [0, 0.1) is 5.41 Å². The van der Waals surface area contributed by atoms with Crippen molar-refractivity contribution in [1.82, 2.24) is 13.9 Å². The number of imidazole rings is 1. The summed E-state index contributed by atoms with van der Waals surface area (Å²) in [5, 5.41) is 2.08. The first kappa shape index (κ1) is 26.5. The molecular weight excluding hydrogens is 527 g/mol. The molecule has 2 heterocycles. The van der Waals surface area contributed by atoms with Crippen LogP contribution in [0.5, 0.6) is 0 Å². The van der Waals surface area contributed by atoms with Crippen LogP contribution in [0.2, 0.25) is 0 Å². The number of Topliss-reactive ketones (excluding diaryl/α,β-unsaturated/α-hetero) is 1. The Morgan fingerprint density at radius 2 is 1.77 bits per heavy atom. The fourth-order valence-corrected chi connectivity index (χ4v) is 7.74. The summed E-state index contributed by atoms with van der Waals surface area (Å²) in [7, 11) is -3.41. The van der Waals surface area contributed by atoms with Crippen LogP contribution >= 0.6 is 0 Å². The highest BCUT2D eigenvalue weighted by Crippen LogP contribution is 2.48. The van der Waals surface area contributed by atoms with Gasteiger partial charge in [-0.25, -0.2) is 17.7 Å². The van der Waals surface area contributed by atoms with E-state index >= 15 is 0 Å². The van der Waals surface area contributed by atoms with Gasteiger partial charge in [-0.05, 0) is 60.4 Å². The van der Waals surface area contributed by atoms with E-state index in [1.54, 1.807) is 0 Å². The first-order valence-electron chi connectivity index (χ1n) is 13.6. The molecule has 1 unspecified atom stereocenters. The summed E-state index contributed by atoms with van der Waals surface area (Å²) in [5.74, 6) is 0.135. The number of hydrogen-bond acceptors (Lipinski definition) is 4. The summed E-state index contributed by atoms with van der Waals surface area (Å²) < 4.78 is 66.6. The number of aromatic nitrogens is 2. The van der Waals surface area contributed by atoms with E-state index < -0.39 is 34.0 Å². The van der Waals surface area contributed by atoms with Crippen molar-refractivity contribution in [3.05, 3.63) is 64.7 Å². The maximum Gasteiger partial charge on any atom is 0.389 e. The van der Waals surface area contributed by atoms with Gasteiger partial charge in [-0.1, -0.05) is 36.4 Å². The minimum atomic E-state index is -4.22. The number of sulfonamides is 1. The predicted octanol–water partition coefficient (Wildman–Crippen LogP) is 4.97. The number of benzene rings is 2. The van der Waals surface area contributed by atoms with Crippen molar-refractivity contribution in [2.45, 2.75) is 70.0 Å². The van der Waals surface area contributed by atoms with Crippen molar-refractivity contribution in [2.75, 3.05) is 19.3 Å². The van der Waals surface area contributed by atoms with Crippen molar-refractivity contribution < 1.29 is 26.4 Å². The Kier molecular flexibility index (Phi) is 6.41. The van der Waals surface area contributed by atoms with E-state index in [1.165, 1.54) is 4.31 Å². The van der Waals surface area contributed by atoms with Gasteiger partial charge in [0.05, 0.1) is 23.3 Å². The Morgan fingerprint density at radius 1 is 1.08 bits per heavy atom. The molecule has 0 bridgehead atoms. The van der Waals surface area contributed by atoms with Gasteiger partial charge in [0.25, 0.3) is 0 Å². The zero-order valence-electron chi connectivity index (χ0n) is 21.9. The second-order valence-electron chi connectivity index (χ2n) is 11.5. The lowest BCUT2D eigenvalue weighted by Gasteiger charge is -2.51. The van der Waals surface area contributed by atoms with Crippen LogP contribution in [0.3, 0.4) is 0 Å². The van der Waals surface area contributed by atoms with Gasteiger partial charge in [0.1, 0.15) is 11.6 Å². The molecule has 1 fully saturated rings. The molecule has 208 valence electrons. The summed E-state index contributed by atoms with van der Waals surface area (Å²) in [4.78, 5) is 19.1. The van der Waals surface area contributed by atoms with Crippen LogP contribution in [-0.2, 0) is 47.0 Å². The highest BCUT2D eigenvalue weighted by atomic mass is 32.2. The second kappa shape index (κ2) is 9.44. The standard InChI is InChI=1S/C29H32F3N3O3S/c1-39(37,38)34-17-28(18-34)16-21-13-19-7-2-3-8-20(19)14-22(21)23(27(28)36)15-26-33-24-9-4-5-10-25(24)35(26)12-6-11-29(30,31)32/h2-3,7-8,13-14,23H,4-6,9-12,15-18H2,1H3. The average molecular weight is 560 g/mol. The molecule has 6 rings (SSSR count). The van der Waals surface area contributed by atoms with Gasteiger partial charge < -0.3 is 4.57 Å². The smallest absolute Gasteiger partial charge is 0.332 e. The van der Waals surface area contributed by atoms with E-state index in [0.717, 1.165) is 65.2 Å². The van der Waals surface area contributed by atoms with Gasteiger partial charge in [-0.3, -0.25) is 4.79 Å². The van der Waals surface area contributed by atoms with Crippen molar-refractivity contribution in [1.29, 1.82) is 0 Å². The summed E-state index contributed by atoms with van der Waals surface area (Å²) in [6.07, 6.45) is 0.356. The SMILES string of the molecule is CS(=O)(=O)N1CC2(Cc3cc4ccccc4cc3C(Cc3nc4c(n3CCCC(F)(F)F)CCCC4)C2=O)C1. The number of aryl methyl sites for hydroxylation is 1. The van der Waals surface area contributed by atoms with Crippen LogP contribution in [-0.4, -0.2) is 53.6 Å². The van der Waals surface area contributed by atoms with Gasteiger partial charge in [-0.2, -0.15) is 13.2 Å². The third kappa shape index (κ3) is 4.90. The topological polar surface area (TPSA) is 72.3 Å². The monoisotopic (exact) mass is 559 g/mol. The molecule has 1 saturated heterocycles. The summed E-state index contributed by atoms with van der Waals surface area (Å²) in [5.41, 5.74) is 3.10. The van der Waals surface area contributed by atoms with Crippen LogP contribution in [0.4, 0.5) is 13.2 Å². The molecule has 10 heteroatoms. The molecule has 2 aliphatic carbocycles. The van der Waals surface area contributed by atoms with Crippen LogP contribution in [0.25, 0.3) is 10.8 Å². The zero-order chi connectivity index (χ0) is 27.6. The Balaban J connectivity index is 1.40. The summed E-state index contributed by atoms with van der Waals surface area (Å²) in [6, 6.07) is 12.1. The Hall–Kier alpha value is -2.72. The van der Waals surface area contributed by atoms with E-state index in [-0.39, 0.29) is 31.8 Å². The molecule has 3 aliphatic rings. The maximum absolute atomic E-state index is 14.2. The third-order valence-corrected chi connectivity index (χ3v) is 9.91. The predicted molar refractivity (Wildman–Crippen MR) is 142 cm³/mol. The van der Waals surface area contributed by atoms with E-state index in [1.807, 2.05) is 28.8 Å². The summed E-state index contributed by atoms with van der Waals surface area (Å²) in [6.45, 7) is 0.531. The Morgan fingerprint density at radius 3 is 2.46 bits per heavy atom. The quantitative estimate of drug-likeness (QED) is 0.428. The molecule has 39 heavy (non-hydrogen) atoms. The molecule has 6 nitrogen and oxygen atoms in total. The van der Waals surface area contributed by atoms with Crippen LogP contribution < -0.4 is 0 Å². The van der Waals surface area contributed by atoms with Crippen molar-refractivity contribution in [3.63, 3.8) is 0 Å². The van der Waals surface area contributed by atoms with Crippen LogP contribution in [0.1, 0.15) is 59.9 Å². The van der Waals surface area contributed by atoms with Gasteiger partial charge in [0.15, 0.2) is 0 Å². The molecule has 1 aliphatic heterocycles. The lowest BCUT2D eigenvalue weighted by Crippen LogP contribution is -2.65. The maximum atomic E-state index is 14.2. The number of ketones is 1. The fraction of sp³-hybridized carbons (Fsp3) is 0.517. The molecule has 2 aromatic carbocycles. The first-order valence-corrected chi connectivity index (χ1v) is 15.4. The molecule has 1 spiro atoms. The normalized spacial score (nSPS) is 21.1. The number of hydrogen-bond donors (Lipinski definition) is 0.